The second-order valence-corrected chi connectivity index (χ2v) is 5.91. The summed E-state index contributed by atoms with van der Waals surface area (Å²) in [5.41, 5.74) is 3.11. The van der Waals surface area contributed by atoms with Gasteiger partial charge in [-0.15, -0.1) is 0 Å². The molecule has 110 valence electrons. The Morgan fingerprint density at radius 3 is 2.43 bits per heavy atom. The molecule has 1 amide bonds. The number of benzene rings is 2. The van der Waals surface area contributed by atoms with E-state index >= 15 is 0 Å². The second-order valence-electron chi connectivity index (χ2n) is 4.65. The first kappa shape index (κ1) is 15.9. The van der Waals surface area contributed by atoms with Crippen molar-refractivity contribution in [1.82, 2.24) is 5.32 Å². The molecule has 2 aromatic carbocycles. The molecule has 0 spiro atoms. The quantitative estimate of drug-likeness (QED) is 0.838. The first-order valence-corrected chi connectivity index (χ1v) is 7.73. The Hall–Kier alpha value is -1.52. The molecule has 0 atom stereocenters. The third-order valence-corrected chi connectivity index (χ3v) is 4.31. The van der Waals surface area contributed by atoms with Gasteiger partial charge >= 0.3 is 0 Å². The summed E-state index contributed by atoms with van der Waals surface area (Å²) in [4.78, 5) is 11.3. The topological polar surface area (TPSA) is 41.1 Å². The van der Waals surface area contributed by atoms with E-state index in [1.165, 1.54) is 0 Å². The lowest BCUT2D eigenvalue weighted by Gasteiger charge is -2.08. The maximum absolute atomic E-state index is 11.3. The molecule has 2 aromatic rings. The fourth-order valence-corrected chi connectivity index (χ4v) is 2.32. The summed E-state index contributed by atoms with van der Waals surface area (Å²) in [6.45, 7) is 0.696. The molecule has 0 radical (unpaired) electrons. The van der Waals surface area contributed by atoms with Gasteiger partial charge in [-0.1, -0.05) is 29.8 Å². The number of anilines is 1. The highest BCUT2D eigenvalue weighted by atomic mass is 79.9. The SMILES string of the molecule is CNC(=O)Cc1ccc(NCc2ccc(Br)c(Cl)c2)cc1. The van der Waals surface area contributed by atoms with Crippen LogP contribution < -0.4 is 10.6 Å². The van der Waals surface area contributed by atoms with Crippen molar-refractivity contribution in [3.8, 4) is 0 Å². The highest BCUT2D eigenvalue weighted by Crippen LogP contribution is 2.23. The van der Waals surface area contributed by atoms with Crippen molar-refractivity contribution in [3.05, 3.63) is 63.1 Å². The van der Waals surface area contributed by atoms with Gasteiger partial charge in [-0.3, -0.25) is 4.79 Å². The summed E-state index contributed by atoms with van der Waals surface area (Å²) in [5, 5.41) is 6.65. The first-order valence-electron chi connectivity index (χ1n) is 6.56. The molecule has 0 bridgehead atoms. The van der Waals surface area contributed by atoms with Crippen molar-refractivity contribution < 1.29 is 4.79 Å². The zero-order chi connectivity index (χ0) is 15.2. The van der Waals surface area contributed by atoms with Crippen LogP contribution in [0.1, 0.15) is 11.1 Å². The van der Waals surface area contributed by atoms with E-state index in [4.69, 9.17) is 11.6 Å². The van der Waals surface area contributed by atoms with E-state index in [-0.39, 0.29) is 5.91 Å². The zero-order valence-corrected chi connectivity index (χ0v) is 14.0. The molecule has 5 heteroatoms. The second kappa shape index (κ2) is 7.48. The molecule has 0 unspecified atom stereocenters. The summed E-state index contributed by atoms with van der Waals surface area (Å²) >= 11 is 9.44. The third kappa shape index (κ3) is 4.76. The lowest BCUT2D eigenvalue weighted by atomic mass is 10.1. The van der Waals surface area contributed by atoms with E-state index in [2.05, 4.69) is 26.6 Å². The zero-order valence-electron chi connectivity index (χ0n) is 11.6. The van der Waals surface area contributed by atoms with Gasteiger partial charge in [-0.2, -0.15) is 0 Å². The van der Waals surface area contributed by atoms with E-state index in [9.17, 15) is 4.79 Å². The van der Waals surface area contributed by atoms with Crippen LogP contribution in [-0.2, 0) is 17.8 Å². The predicted molar refractivity (Wildman–Crippen MR) is 90.7 cm³/mol. The Morgan fingerprint density at radius 1 is 1.14 bits per heavy atom. The minimum Gasteiger partial charge on any atom is -0.381 e. The van der Waals surface area contributed by atoms with Crippen LogP contribution in [0, 0.1) is 0 Å². The lowest BCUT2D eigenvalue weighted by molar-refractivity contribution is -0.119. The monoisotopic (exact) mass is 366 g/mol. The van der Waals surface area contributed by atoms with Gasteiger partial charge < -0.3 is 10.6 Å². The minimum atomic E-state index is 0.0141. The lowest BCUT2D eigenvalue weighted by Crippen LogP contribution is -2.19. The van der Waals surface area contributed by atoms with Gasteiger partial charge in [0.25, 0.3) is 0 Å². The molecular weight excluding hydrogens is 352 g/mol. The fourth-order valence-electron chi connectivity index (χ4n) is 1.87. The van der Waals surface area contributed by atoms with Crippen molar-refractivity contribution in [1.29, 1.82) is 0 Å². The first-order chi connectivity index (χ1) is 10.1. The average molecular weight is 368 g/mol. The number of likely N-dealkylation sites (N-methyl/N-ethyl adjacent to an activating group) is 1. The largest absolute Gasteiger partial charge is 0.381 e. The van der Waals surface area contributed by atoms with Gasteiger partial charge in [0.2, 0.25) is 5.91 Å². The molecule has 0 aliphatic rings. The number of halogens is 2. The molecule has 21 heavy (non-hydrogen) atoms. The van der Waals surface area contributed by atoms with Crippen LogP contribution in [0.3, 0.4) is 0 Å². The van der Waals surface area contributed by atoms with Crippen LogP contribution in [0.2, 0.25) is 5.02 Å². The molecule has 2 N–H and O–H groups in total. The smallest absolute Gasteiger partial charge is 0.224 e. The number of hydrogen-bond donors (Lipinski definition) is 2. The van der Waals surface area contributed by atoms with Crippen LogP contribution in [0.5, 0.6) is 0 Å². The van der Waals surface area contributed by atoms with Crippen molar-refractivity contribution in [2.75, 3.05) is 12.4 Å². The van der Waals surface area contributed by atoms with Gasteiger partial charge in [0.1, 0.15) is 0 Å². The van der Waals surface area contributed by atoms with Gasteiger partial charge in [0.15, 0.2) is 0 Å². The van der Waals surface area contributed by atoms with Gasteiger partial charge in [0.05, 0.1) is 11.4 Å². The van der Waals surface area contributed by atoms with Crippen LogP contribution in [-0.4, -0.2) is 13.0 Å². The predicted octanol–water partition coefficient (Wildman–Crippen LogP) is 4.00. The summed E-state index contributed by atoms with van der Waals surface area (Å²) in [6.07, 6.45) is 0.402. The van der Waals surface area contributed by atoms with Crippen LogP contribution >= 0.6 is 27.5 Å². The number of rotatable bonds is 5. The molecule has 0 saturated heterocycles. The van der Waals surface area contributed by atoms with Crippen LogP contribution in [0.15, 0.2) is 46.9 Å². The van der Waals surface area contributed by atoms with Crippen LogP contribution in [0.25, 0.3) is 0 Å². The number of nitrogens with one attached hydrogen (secondary N) is 2. The van der Waals surface area contributed by atoms with E-state index in [0.29, 0.717) is 18.0 Å². The average Bonchev–Trinajstić information content (AvgIpc) is 2.50. The highest BCUT2D eigenvalue weighted by Gasteiger charge is 2.02. The molecule has 0 heterocycles. The molecule has 3 nitrogen and oxygen atoms in total. The normalized spacial score (nSPS) is 10.2. The van der Waals surface area contributed by atoms with Crippen LogP contribution in [0.4, 0.5) is 5.69 Å². The Labute approximate surface area is 137 Å². The molecule has 0 aliphatic heterocycles. The standard InChI is InChI=1S/C16H16BrClN2O/c1-19-16(21)9-11-2-5-13(6-3-11)20-10-12-4-7-14(17)15(18)8-12/h2-8,20H,9-10H2,1H3,(H,19,21). The van der Waals surface area contributed by atoms with E-state index in [1.54, 1.807) is 7.05 Å². The van der Waals surface area contributed by atoms with Crippen molar-refractivity contribution in [2.45, 2.75) is 13.0 Å². The van der Waals surface area contributed by atoms with Gasteiger partial charge in [-0.25, -0.2) is 0 Å². The molecule has 0 aromatic heterocycles. The van der Waals surface area contributed by atoms with Gasteiger partial charge in [-0.05, 0) is 51.3 Å². The Balaban J connectivity index is 1.94. The minimum absolute atomic E-state index is 0.0141. The fraction of sp³-hybridized carbons (Fsp3) is 0.188. The van der Waals surface area contributed by atoms with E-state index < -0.39 is 0 Å². The van der Waals surface area contributed by atoms with Crippen molar-refractivity contribution in [3.63, 3.8) is 0 Å². The number of amides is 1. The van der Waals surface area contributed by atoms with Crippen molar-refractivity contribution >= 4 is 39.1 Å². The summed E-state index contributed by atoms with van der Waals surface area (Å²) in [5.74, 6) is 0.0141. The van der Waals surface area contributed by atoms with E-state index in [1.807, 2.05) is 42.5 Å². The summed E-state index contributed by atoms with van der Waals surface area (Å²) in [6, 6.07) is 13.7. The Bertz CT molecular complexity index is 629. The molecule has 0 fully saturated rings. The molecule has 0 saturated carbocycles. The number of carbonyl (C=O) groups is 1. The maximum atomic E-state index is 11.3. The Kier molecular flexibility index (Phi) is 5.65. The number of carbonyl (C=O) groups excluding carboxylic acids is 1. The molecular formula is C16H16BrClN2O. The van der Waals surface area contributed by atoms with Crippen molar-refractivity contribution in [2.24, 2.45) is 0 Å². The highest BCUT2D eigenvalue weighted by molar-refractivity contribution is 9.10. The molecule has 2 rings (SSSR count). The van der Waals surface area contributed by atoms with Gasteiger partial charge in [0, 0.05) is 23.8 Å². The van der Waals surface area contributed by atoms with E-state index in [0.717, 1.165) is 21.3 Å². The molecule has 0 aliphatic carbocycles. The third-order valence-electron chi connectivity index (χ3n) is 3.08. The maximum Gasteiger partial charge on any atom is 0.224 e. The summed E-state index contributed by atoms with van der Waals surface area (Å²) in [7, 11) is 1.64. The summed E-state index contributed by atoms with van der Waals surface area (Å²) < 4.78 is 0.895. The number of hydrogen-bond acceptors (Lipinski definition) is 2. The Morgan fingerprint density at radius 2 is 1.81 bits per heavy atom.